The molecule has 0 unspecified atom stereocenters. The van der Waals surface area contributed by atoms with Crippen LogP contribution < -0.4 is 5.56 Å². The maximum atomic E-state index is 12.7. The van der Waals surface area contributed by atoms with Gasteiger partial charge in [0.1, 0.15) is 5.82 Å². The van der Waals surface area contributed by atoms with Crippen LogP contribution in [0.25, 0.3) is 21.7 Å². The van der Waals surface area contributed by atoms with Crippen LogP contribution in [0.1, 0.15) is 30.4 Å². The number of fused-ring (bicyclic) bond motifs is 2. The maximum absolute atomic E-state index is 12.7. The van der Waals surface area contributed by atoms with Crippen LogP contribution in [0, 0.1) is 0 Å². The molecule has 0 radical (unpaired) electrons. The van der Waals surface area contributed by atoms with Gasteiger partial charge in [-0.25, -0.2) is 9.97 Å². The van der Waals surface area contributed by atoms with Gasteiger partial charge in [0.2, 0.25) is 0 Å². The Morgan fingerprint density at radius 3 is 2.90 bits per heavy atom. The van der Waals surface area contributed by atoms with Crippen molar-refractivity contribution in [3.05, 3.63) is 69.2 Å². The van der Waals surface area contributed by atoms with E-state index in [1.165, 1.54) is 5.52 Å². The number of imidazole rings is 1. The quantitative estimate of drug-likeness (QED) is 0.548. The third-order valence-electron chi connectivity index (χ3n) is 5.45. The summed E-state index contributed by atoms with van der Waals surface area (Å²) in [5.74, 6) is 1.75. The molecule has 3 aromatic heterocycles. The van der Waals surface area contributed by atoms with Crippen LogP contribution in [0.2, 0.25) is 0 Å². The lowest BCUT2D eigenvalue weighted by molar-refractivity contribution is 0.233. The third-order valence-corrected chi connectivity index (χ3v) is 6.32. The summed E-state index contributed by atoms with van der Waals surface area (Å²) in [6, 6.07) is 12.3. The zero-order valence-electron chi connectivity index (χ0n) is 16.4. The molecular formula is C22H23N5OS. The van der Waals surface area contributed by atoms with Gasteiger partial charge in [0.25, 0.3) is 5.56 Å². The Balaban J connectivity index is 1.43. The average Bonchev–Trinajstić information content (AvgIpc) is 3.38. The molecule has 0 amide bonds. The highest BCUT2D eigenvalue weighted by molar-refractivity contribution is 7.13. The summed E-state index contributed by atoms with van der Waals surface area (Å²) in [4.78, 5) is 28.6. The predicted molar refractivity (Wildman–Crippen MR) is 116 cm³/mol. The van der Waals surface area contributed by atoms with E-state index in [0.717, 1.165) is 60.0 Å². The van der Waals surface area contributed by atoms with E-state index in [1.807, 2.05) is 23.6 Å². The summed E-state index contributed by atoms with van der Waals surface area (Å²) < 4.78 is 2.31. The molecule has 1 aliphatic rings. The Kier molecular flexibility index (Phi) is 4.77. The summed E-state index contributed by atoms with van der Waals surface area (Å²) in [5.41, 5.74) is 3.91. The van der Waals surface area contributed by atoms with Crippen molar-refractivity contribution in [1.82, 2.24) is 24.4 Å². The molecule has 0 bridgehead atoms. The Morgan fingerprint density at radius 1 is 1.17 bits per heavy atom. The van der Waals surface area contributed by atoms with Crippen LogP contribution >= 0.6 is 11.3 Å². The minimum Gasteiger partial charge on any atom is -0.327 e. The Bertz CT molecular complexity index is 1210. The second-order valence-electron chi connectivity index (χ2n) is 7.45. The first-order valence-corrected chi connectivity index (χ1v) is 10.9. The molecule has 1 N–H and O–H groups in total. The molecule has 0 aliphatic carbocycles. The van der Waals surface area contributed by atoms with Gasteiger partial charge in [0.15, 0.2) is 5.82 Å². The van der Waals surface area contributed by atoms with E-state index in [4.69, 9.17) is 9.97 Å². The van der Waals surface area contributed by atoms with Crippen molar-refractivity contribution in [2.24, 2.45) is 0 Å². The van der Waals surface area contributed by atoms with Gasteiger partial charge in [-0.3, -0.25) is 9.69 Å². The predicted octanol–water partition coefficient (Wildman–Crippen LogP) is 3.82. The molecule has 1 aromatic carbocycles. The Morgan fingerprint density at radius 2 is 2.07 bits per heavy atom. The first-order chi connectivity index (χ1) is 14.2. The van der Waals surface area contributed by atoms with Gasteiger partial charge < -0.3 is 9.55 Å². The van der Waals surface area contributed by atoms with Crippen LogP contribution in [0.15, 0.2) is 46.6 Å². The minimum atomic E-state index is -0.0230. The van der Waals surface area contributed by atoms with Crippen LogP contribution in [0.4, 0.5) is 0 Å². The lowest BCUT2D eigenvalue weighted by atomic mass is 10.1. The highest BCUT2D eigenvalue weighted by atomic mass is 32.1. The topological polar surface area (TPSA) is 66.8 Å². The summed E-state index contributed by atoms with van der Waals surface area (Å²) in [6.45, 7) is 5.36. The van der Waals surface area contributed by atoms with Crippen LogP contribution in [0.5, 0.6) is 0 Å². The molecule has 0 fully saturated rings. The molecule has 4 aromatic rings. The average molecular weight is 406 g/mol. The lowest BCUT2D eigenvalue weighted by Gasteiger charge is -2.27. The van der Waals surface area contributed by atoms with Gasteiger partial charge in [-0.05, 0) is 30.0 Å². The van der Waals surface area contributed by atoms with Crippen molar-refractivity contribution in [3.8, 4) is 10.7 Å². The van der Waals surface area contributed by atoms with E-state index in [0.29, 0.717) is 12.4 Å². The monoisotopic (exact) mass is 405 g/mol. The fourth-order valence-electron chi connectivity index (χ4n) is 4.07. The fraction of sp³-hybridized carbons (Fsp3) is 0.318. The Hall–Kier alpha value is -2.77. The van der Waals surface area contributed by atoms with Crippen molar-refractivity contribution >= 4 is 22.4 Å². The van der Waals surface area contributed by atoms with Crippen molar-refractivity contribution < 1.29 is 0 Å². The normalized spacial score (nSPS) is 14.4. The van der Waals surface area contributed by atoms with Crippen LogP contribution in [-0.4, -0.2) is 31.0 Å². The molecule has 7 heteroatoms. The Labute approximate surface area is 172 Å². The smallest absolute Gasteiger partial charge is 0.255 e. The molecular weight excluding hydrogens is 382 g/mol. The minimum absolute atomic E-state index is 0.0230. The SMILES string of the molecule is CCCn1c(CN2CCc3nc(-c4cccs4)[nH]c(=O)c3C2)nc2ccccc21. The second kappa shape index (κ2) is 7.57. The number of hydrogen-bond acceptors (Lipinski definition) is 5. The van der Waals surface area contributed by atoms with Crippen LogP contribution in [-0.2, 0) is 26.1 Å². The highest BCUT2D eigenvalue weighted by Gasteiger charge is 2.23. The summed E-state index contributed by atoms with van der Waals surface area (Å²) in [5, 5.41) is 2.00. The summed E-state index contributed by atoms with van der Waals surface area (Å²) >= 11 is 1.59. The number of thiophene rings is 1. The molecule has 6 nitrogen and oxygen atoms in total. The maximum Gasteiger partial charge on any atom is 0.255 e. The van der Waals surface area contributed by atoms with E-state index in [9.17, 15) is 4.79 Å². The molecule has 29 heavy (non-hydrogen) atoms. The largest absolute Gasteiger partial charge is 0.327 e. The van der Waals surface area contributed by atoms with Crippen molar-refractivity contribution in [2.75, 3.05) is 6.54 Å². The molecule has 4 heterocycles. The first-order valence-electron chi connectivity index (χ1n) is 10.1. The number of hydrogen-bond donors (Lipinski definition) is 1. The number of nitrogens with one attached hydrogen (secondary N) is 1. The number of aryl methyl sites for hydroxylation is 1. The van der Waals surface area contributed by atoms with Gasteiger partial charge in [0.05, 0.1) is 33.7 Å². The van der Waals surface area contributed by atoms with Gasteiger partial charge in [0, 0.05) is 26.1 Å². The standard InChI is InChI=1S/C22H23N5OS/c1-2-10-27-18-7-4-3-6-17(18)23-20(27)14-26-11-9-16-15(13-26)22(28)25-21(24-16)19-8-5-12-29-19/h3-8,12H,2,9-11,13-14H2,1H3,(H,24,25,28). The number of rotatable bonds is 5. The zero-order valence-corrected chi connectivity index (χ0v) is 17.2. The number of H-pyrrole nitrogens is 1. The third kappa shape index (κ3) is 3.41. The lowest BCUT2D eigenvalue weighted by Crippen LogP contribution is -2.36. The summed E-state index contributed by atoms with van der Waals surface area (Å²) in [6.07, 6.45) is 1.84. The van der Waals surface area contributed by atoms with Crippen molar-refractivity contribution in [2.45, 2.75) is 39.4 Å². The van der Waals surface area contributed by atoms with Crippen LogP contribution in [0.3, 0.4) is 0 Å². The van der Waals surface area contributed by atoms with Gasteiger partial charge in [-0.15, -0.1) is 11.3 Å². The van der Waals surface area contributed by atoms with Crippen molar-refractivity contribution in [1.29, 1.82) is 0 Å². The number of aromatic amines is 1. The van der Waals surface area contributed by atoms with Gasteiger partial charge >= 0.3 is 0 Å². The van der Waals surface area contributed by atoms with E-state index < -0.39 is 0 Å². The molecule has 0 atom stereocenters. The van der Waals surface area contributed by atoms with E-state index in [-0.39, 0.29) is 5.56 Å². The fourth-order valence-corrected chi connectivity index (χ4v) is 4.73. The zero-order chi connectivity index (χ0) is 19.8. The number of aromatic nitrogens is 4. The number of benzene rings is 1. The number of para-hydroxylation sites is 2. The molecule has 5 rings (SSSR count). The molecule has 0 saturated heterocycles. The highest BCUT2D eigenvalue weighted by Crippen LogP contribution is 2.24. The number of nitrogens with zero attached hydrogens (tertiary/aromatic N) is 4. The van der Waals surface area contributed by atoms with E-state index in [1.54, 1.807) is 11.3 Å². The van der Waals surface area contributed by atoms with Crippen molar-refractivity contribution in [3.63, 3.8) is 0 Å². The first kappa shape index (κ1) is 18.3. The molecule has 148 valence electrons. The molecule has 0 spiro atoms. The summed E-state index contributed by atoms with van der Waals surface area (Å²) in [7, 11) is 0. The second-order valence-corrected chi connectivity index (χ2v) is 8.39. The van der Waals surface area contributed by atoms with Gasteiger partial charge in [-0.2, -0.15) is 0 Å². The van der Waals surface area contributed by atoms with E-state index >= 15 is 0 Å². The molecule has 1 aliphatic heterocycles. The van der Waals surface area contributed by atoms with Gasteiger partial charge in [-0.1, -0.05) is 25.1 Å². The molecule has 0 saturated carbocycles. The van der Waals surface area contributed by atoms with E-state index in [2.05, 4.69) is 39.6 Å².